The lowest BCUT2D eigenvalue weighted by molar-refractivity contribution is -0.147. The number of carbonyl (C=O) groups is 3. The fraction of sp³-hybridized carbons (Fsp3) is 0.235. The number of ketones is 1. The summed E-state index contributed by atoms with van der Waals surface area (Å²) in [5.41, 5.74) is 1.41. The number of nitrogens with one attached hydrogen (secondary N) is 1. The van der Waals surface area contributed by atoms with Crippen molar-refractivity contribution < 1.29 is 19.1 Å². The van der Waals surface area contributed by atoms with E-state index in [-0.39, 0.29) is 18.6 Å². The van der Waals surface area contributed by atoms with E-state index in [1.807, 2.05) is 6.92 Å². The van der Waals surface area contributed by atoms with Gasteiger partial charge >= 0.3 is 5.97 Å². The zero-order chi connectivity index (χ0) is 17.5. The second kappa shape index (κ2) is 8.61. The molecule has 0 atom stereocenters. The van der Waals surface area contributed by atoms with Crippen molar-refractivity contribution in [3.05, 3.63) is 51.2 Å². The molecule has 0 aliphatic rings. The summed E-state index contributed by atoms with van der Waals surface area (Å²) in [6, 6.07) is 8.60. The van der Waals surface area contributed by atoms with Crippen molar-refractivity contribution in [3.8, 4) is 0 Å². The van der Waals surface area contributed by atoms with Crippen LogP contribution in [0, 0.1) is 6.92 Å². The van der Waals surface area contributed by atoms with Gasteiger partial charge in [-0.15, -0.1) is 11.3 Å². The van der Waals surface area contributed by atoms with Crippen molar-refractivity contribution in [1.82, 2.24) is 0 Å². The van der Waals surface area contributed by atoms with Crippen molar-refractivity contribution in [3.63, 3.8) is 0 Å². The molecule has 1 heterocycles. The minimum atomic E-state index is -0.585. The number of benzene rings is 1. The SMILES string of the molecule is Cc1ccc(Cl)cc1NC(=O)COC(=O)CCC(=O)c1cccs1. The molecular formula is C17H16ClNO4S. The second-order valence-corrected chi connectivity index (χ2v) is 6.45. The van der Waals surface area contributed by atoms with E-state index in [2.05, 4.69) is 5.32 Å². The highest BCUT2D eigenvalue weighted by atomic mass is 35.5. The molecule has 0 radical (unpaired) electrons. The predicted molar refractivity (Wildman–Crippen MR) is 93.7 cm³/mol. The largest absolute Gasteiger partial charge is 0.456 e. The Morgan fingerprint density at radius 2 is 2.00 bits per heavy atom. The van der Waals surface area contributed by atoms with Gasteiger partial charge in [0.1, 0.15) is 0 Å². The summed E-state index contributed by atoms with van der Waals surface area (Å²) >= 11 is 7.20. The standard InChI is InChI=1S/C17H16ClNO4S/c1-11-4-5-12(18)9-13(11)19-16(21)10-23-17(22)7-6-14(20)15-3-2-8-24-15/h2-5,8-9H,6-7,10H2,1H3,(H,19,21). The van der Waals surface area contributed by atoms with E-state index in [4.69, 9.17) is 16.3 Å². The van der Waals surface area contributed by atoms with Crippen LogP contribution in [0.25, 0.3) is 0 Å². The van der Waals surface area contributed by atoms with Gasteiger partial charge in [-0.1, -0.05) is 23.7 Å². The highest BCUT2D eigenvalue weighted by molar-refractivity contribution is 7.12. The molecule has 0 aliphatic carbocycles. The Morgan fingerprint density at radius 3 is 2.71 bits per heavy atom. The summed E-state index contributed by atoms with van der Waals surface area (Å²) in [7, 11) is 0. The zero-order valence-corrected chi connectivity index (χ0v) is 14.6. The van der Waals surface area contributed by atoms with Crippen LogP contribution in [0.15, 0.2) is 35.7 Å². The number of rotatable bonds is 7. The van der Waals surface area contributed by atoms with Crippen LogP contribution >= 0.6 is 22.9 Å². The van der Waals surface area contributed by atoms with Crippen LogP contribution in [0.5, 0.6) is 0 Å². The number of halogens is 1. The Kier molecular flexibility index (Phi) is 6.52. The van der Waals surface area contributed by atoms with E-state index in [1.165, 1.54) is 11.3 Å². The third-order valence-corrected chi connectivity index (χ3v) is 4.34. The number of ether oxygens (including phenoxy) is 1. The summed E-state index contributed by atoms with van der Waals surface area (Å²) in [4.78, 5) is 35.8. The lowest BCUT2D eigenvalue weighted by atomic mass is 10.2. The Hall–Kier alpha value is -2.18. The van der Waals surface area contributed by atoms with Crippen molar-refractivity contribution >= 4 is 46.3 Å². The summed E-state index contributed by atoms with van der Waals surface area (Å²) in [6.07, 6.45) is 0.00851. The van der Waals surface area contributed by atoms with Gasteiger partial charge in [-0.3, -0.25) is 14.4 Å². The van der Waals surface area contributed by atoms with Crippen molar-refractivity contribution in [1.29, 1.82) is 0 Å². The van der Waals surface area contributed by atoms with Crippen LogP contribution in [0.4, 0.5) is 5.69 Å². The van der Waals surface area contributed by atoms with E-state index in [9.17, 15) is 14.4 Å². The molecule has 0 bridgehead atoms. The van der Waals surface area contributed by atoms with Gasteiger partial charge < -0.3 is 10.1 Å². The van der Waals surface area contributed by atoms with Crippen LogP contribution < -0.4 is 5.32 Å². The molecule has 0 fully saturated rings. The van der Waals surface area contributed by atoms with Crippen molar-refractivity contribution in [2.45, 2.75) is 19.8 Å². The highest BCUT2D eigenvalue weighted by Gasteiger charge is 2.13. The third-order valence-electron chi connectivity index (χ3n) is 3.19. The quantitative estimate of drug-likeness (QED) is 0.597. The van der Waals surface area contributed by atoms with Gasteiger partial charge in [0, 0.05) is 17.1 Å². The highest BCUT2D eigenvalue weighted by Crippen LogP contribution is 2.20. The number of esters is 1. The topological polar surface area (TPSA) is 72.5 Å². The molecule has 24 heavy (non-hydrogen) atoms. The maximum absolute atomic E-state index is 11.8. The van der Waals surface area contributed by atoms with Gasteiger partial charge in [-0.05, 0) is 36.1 Å². The molecule has 1 amide bonds. The summed E-state index contributed by atoms with van der Waals surface area (Å²) in [5.74, 6) is -1.16. The number of aryl methyl sites for hydroxylation is 1. The van der Waals surface area contributed by atoms with Crippen molar-refractivity contribution in [2.24, 2.45) is 0 Å². The van der Waals surface area contributed by atoms with E-state index in [0.717, 1.165) is 5.56 Å². The zero-order valence-electron chi connectivity index (χ0n) is 13.0. The monoisotopic (exact) mass is 365 g/mol. The number of hydrogen-bond donors (Lipinski definition) is 1. The molecule has 0 saturated carbocycles. The first-order valence-electron chi connectivity index (χ1n) is 7.24. The second-order valence-electron chi connectivity index (χ2n) is 5.07. The Bertz CT molecular complexity index is 743. The number of carbonyl (C=O) groups excluding carboxylic acids is 3. The fourth-order valence-corrected chi connectivity index (χ4v) is 2.78. The first-order valence-corrected chi connectivity index (χ1v) is 8.50. The van der Waals surface area contributed by atoms with Crippen LogP contribution in [-0.2, 0) is 14.3 Å². The molecule has 126 valence electrons. The molecule has 1 N–H and O–H groups in total. The Balaban J connectivity index is 1.74. The Morgan fingerprint density at radius 1 is 1.21 bits per heavy atom. The third kappa shape index (κ3) is 5.47. The molecule has 7 heteroatoms. The first-order chi connectivity index (χ1) is 11.5. The molecule has 1 aromatic heterocycles. The lowest BCUT2D eigenvalue weighted by Gasteiger charge is -2.09. The number of anilines is 1. The first kappa shape index (κ1) is 18.2. The Labute approximate surface area is 148 Å². The van der Waals surface area contributed by atoms with Crippen LogP contribution in [0.2, 0.25) is 5.02 Å². The van der Waals surface area contributed by atoms with Crippen LogP contribution in [0.3, 0.4) is 0 Å². The smallest absolute Gasteiger partial charge is 0.306 e. The molecule has 0 spiro atoms. The predicted octanol–water partition coefficient (Wildman–Crippen LogP) is 3.85. The molecule has 0 aliphatic heterocycles. The maximum Gasteiger partial charge on any atom is 0.306 e. The molecule has 1 aromatic carbocycles. The van der Waals surface area contributed by atoms with Crippen LogP contribution in [0.1, 0.15) is 28.1 Å². The van der Waals surface area contributed by atoms with E-state index >= 15 is 0 Å². The minimum absolute atomic E-state index is 0.0554. The summed E-state index contributed by atoms with van der Waals surface area (Å²) in [6.45, 7) is 1.42. The van der Waals surface area contributed by atoms with E-state index in [0.29, 0.717) is 15.6 Å². The average molecular weight is 366 g/mol. The summed E-state index contributed by atoms with van der Waals surface area (Å²) in [5, 5.41) is 4.93. The number of Topliss-reactive ketones (excluding diaryl/α,β-unsaturated/α-hetero) is 1. The number of thiophene rings is 1. The van der Waals surface area contributed by atoms with Gasteiger partial charge in [-0.25, -0.2) is 0 Å². The van der Waals surface area contributed by atoms with Gasteiger partial charge in [0.25, 0.3) is 5.91 Å². The molecule has 2 aromatic rings. The number of amides is 1. The molecule has 2 rings (SSSR count). The van der Waals surface area contributed by atoms with Gasteiger partial charge in [-0.2, -0.15) is 0 Å². The lowest BCUT2D eigenvalue weighted by Crippen LogP contribution is -2.21. The van der Waals surface area contributed by atoms with Crippen molar-refractivity contribution in [2.75, 3.05) is 11.9 Å². The maximum atomic E-state index is 11.8. The molecule has 0 saturated heterocycles. The summed E-state index contributed by atoms with van der Waals surface area (Å²) < 4.78 is 4.88. The fourth-order valence-electron chi connectivity index (χ4n) is 1.91. The molecule has 0 unspecified atom stereocenters. The molecule has 5 nitrogen and oxygen atoms in total. The normalized spacial score (nSPS) is 10.2. The molecular weight excluding hydrogens is 350 g/mol. The van der Waals surface area contributed by atoms with E-state index < -0.39 is 18.5 Å². The van der Waals surface area contributed by atoms with Crippen LogP contribution in [-0.4, -0.2) is 24.3 Å². The van der Waals surface area contributed by atoms with E-state index in [1.54, 1.807) is 35.7 Å². The van der Waals surface area contributed by atoms with Gasteiger partial charge in [0.2, 0.25) is 0 Å². The minimum Gasteiger partial charge on any atom is -0.456 e. The number of hydrogen-bond acceptors (Lipinski definition) is 5. The average Bonchev–Trinajstić information content (AvgIpc) is 3.08. The van der Waals surface area contributed by atoms with Gasteiger partial charge in [0.15, 0.2) is 12.4 Å². The van der Waals surface area contributed by atoms with Gasteiger partial charge in [0.05, 0.1) is 11.3 Å².